The molecule has 0 saturated carbocycles. The van der Waals surface area contributed by atoms with E-state index < -0.39 is 0 Å². The molecule has 108 valence electrons. The predicted octanol–water partition coefficient (Wildman–Crippen LogP) is 3.98. The van der Waals surface area contributed by atoms with Crippen LogP contribution in [0, 0.1) is 6.92 Å². The van der Waals surface area contributed by atoms with Crippen LogP contribution in [-0.4, -0.2) is 17.4 Å². The standard InChI is InChI=1S/C7H8.C6H6.C3H6O.CH2O2/c1-7-5-3-2-4-6-7;1-2-4-6-5-3-1;1-3(2)4;2-1-3/h2-6H,1H3;1-6H;1-2H3;1H,(H,2,3). The van der Waals surface area contributed by atoms with E-state index in [1.165, 1.54) is 19.4 Å². The van der Waals surface area contributed by atoms with Gasteiger partial charge < -0.3 is 9.90 Å². The molecule has 0 amide bonds. The van der Waals surface area contributed by atoms with E-state index in [0.717, 1.165) is 0 Å². The van der Waals surface area contributed by atoms with Crippen molar-refractivity contribution >= 4 is 12.3 Å². The van der Waals surface area contributed by atoms with E-state index in [9.17, 15) is 4.79 Å². The first-order valence-electron chi connectivity index (χ1n) is 6.11. The largest absolute Gasteiger partial charge is 0.483 e. The van der Waals surface area contributed by atoms with E-state index in [0.29, 0.717) is 0 Å². The highest BCUT2D eigenvalue weighted by atomic mass is 16.3. The van der Waals surface area contributed by atoms with Crippen molar-refractivity contribution < 1.29 is 14.7 Å². The highest BCUT2D eigenvalue weighted by molar-refractivity contribution is 5.72. The van der Waals surface area contributed by atoms with Crippen LogP contribution in [0.1, 0.15) is 19.4 Å². The first-order valence-corrected chi connectivity index (χ1v) is 6.11. The van der Waals surface area contributed by atoms with Crippen molar-refractivity contribution in [3.05, 3.63) is 72.3 Å². The molecule has 0 fully saturated rings. The molecule has 0 bridgehead atoms. The Morgan fingerprint density at radius 1 is 0.850 bits per heavy atom. The van der Waals surface area contributed by atoms with Gasteiger partial charge in [-0.05, 0) is 20.8 Å². The number of carbonyl (C=O) groups excluding carboxylic acids is 1. The molecule has 0 aromatic heterocycles. The summed E-state index contributed by atoms with van der Waals surface area (Å²) in [6.07, 6.45) is 0. The first-order chi connectivity index (χ1) is 9.54. The third kappa shape index (κ3) is 24.7. The molecule has 2 aromatic carbocycles. The fraction of sp³-hybridized carbons (Fsp3) is 0.176. The Labute approximate surface area is 120 Å². The Hall–Kier alpha value is -2.42. The second-order valence-electron chi connectivity index (χ2n) is 3.82. The zero-order valence-corrected chi connectivity index (χ0v) is 12.2. The first kappa shape index (κ1) is 19.9. The zero-order chi connectivity index (χ0) is 15.6. The molecule has 0 radical (unpaired) electrons. The Kier molecular flexibility index (Phi) is 16.5. The van der Waals surface area contributed by atoms with Gasteiger partial charge in [0, 0.05) is 0 Å². The van der Waals surface area contributed by atoms with Crippen LogP contribution in [0.3, 0.4) is 0 Å². The summed E-state index contributed by atoms with van der Waals surface area (Å²) in [6.45, 7) is 4.89. The van der Waals surface area contributed by atoms with Crippen molar-refractivity contribution in [3.8, 4) is 0 Å². The smallest absolute Gasteiger partial charge is 0.290 e. The van der Waals surface area contributed by atoms with Crippen molar-refractivity contribution in [1.29, 1.82) is 0 Å². The maximum atomic E-state index is 9.44. The molecule has 1 N–H and O–H groups in total. The Morgan fingerprint density at radius 3 is 1.20 bits per heavy atom. The average molecular weight is 274 g/mol. The van der Waals surface area contributed by atoms with Crippen molar-refractivity contribution in [2.24, 2.45) is 0 Å². The summed E-state index contributed by atoms with van der Waals surface area (Å²) in [5.74, 6) is 0.167. The minimum atomic E-state index is -0.250. The summed E-state index contributed by atoms with van der Waals surface area (Å²) >= 11 is 0. The molecule has 0 aliphatic rings. The number of rotatable bonds is 0. The molecular formula is C17H22O3. The van der Waals surface area contributed by atoms with Crippen molar-refractivity contribution in [3.63, 3.8) is 0 Å². The SMILES string of the molecule is CC(C)=O.Cc1ccccc1.O=CO.c1ccccc1. The maximum absolute atomic E-state index is 9.44. The van der Waals surface area contributed by atoms with Gasteiger partial charge in [0.05, 0.1) is 0 Å². The number of ketones is 1. The number of Topliss-reactive ketones (excluding diaryl/α,β-unsaturated/α-hetero) is 1. The van der Waals surface area contributed by atoms with E-state index in [1.807, 2.05) is 54.6 Å². The monoisotopic (exact) mass is 274 g/mol. The minimum absolute atomic E-state index is 0.167. The second kappa shape index (κ2) is 16.6. The van der Waals surface area contributed by atoms with Crippen LogP contribution in [0.4, 0.5) is 0 Å². The maximum Gasteiger partial charge on any atom is 0.290 e. The molecule has 3 heteroatoms. The quantitative estimate of drug-likeness (QED) is 0.739. The van der Waals surface area contributed by atoms with Crippen LogP contribution < -0.4 is 0 Å². The Morgan fingerprint density at radius 2 is 1.05 bits per heavy atom. The molecule has 3 nitrogen and oxygen atoms in total. The summed E-state index contributed by atoms with van der Waals surface area (Å²) in [5.41, 5.74) is 1.32. The summed E-state index contributed by atoms with van der Waals surface area (Å²) in [4.78, 5) is 17.8. The molecule has 2 aromatic rings. The molecular weight excluding hydrogens is 252 g/mol. The third-order valence-corrected chi connectivity index (χ3v) is 1.61. The van der Waals surface area contributed by atoms with Crippen LogP contribution in [-0.2, 0) is 9.59 Å². The lowest BCUT2D eigenvalue weighted by Gasteiger charge is -1.82. The van der Waals surface area contributed by atoms with Gasteiger partial charge in [-0.15, -0.1) is 0 Å². The molecule has 0 unspecified atom stereocenters. The highest BCUT2D eigenvalue weighted by Gasteiger charge is 1.72. The third-order valence-electron chi connectivity index (χ3n) is 1.61. The molecule has 2 rings (SSSR count). The van der Waals surface area contributed by atoms with Crippen LogP contribution in [0.25, 0.3) is 0 Å². The van der Waals surface area contributed by atoms with Gasteiger partial charge >= 0.3 is 0 Å². The molecule has 0 aliphatic heterocycles. The summed E-state index contributed by atoms with van der Waals surface area (Å²) in [5, 5.41) is 6.89. The summed E-state index contributed by atoms with van der Waals surface area (Å²) < 4.78 is 0. The second-order valence-corrected chi connectivity index (χ2v) is 3.82. The molecule has 0 spiro atoms. The zero-order valence-electron chi connectivity index (χ0n) is 12.2. The Bertz CT molecular complexity index is 394. The van der Waals surface area contributed by atoms with Gasteiger partial charge in [0.1, 0.15) is 5.78 Å². The summed E-state index contributed by atoms with van der Waals surface area (Å²) in [6, 6.07) is 22.3. The fourth-order valence-electron chi connectivity index (χ4n) is 0.919. The highest BCUT2D eigenvalue weighted by Crippen LogP contribution is 1.92. The van der Waals surface area contributed by atoms with Crippen LogP contribution in [0.5, 0.6) is 0 Å². The molecule has 0 aliphatic carbocycles. The topological polar surface area (TPSA) is 54.4 Å². The van der Waals surface area contributed by atoms with E-state index in [-0.39, 0.29) is 12.3 Å². The molecule has 0 heterocycles. The Balaban J connectivity index is 0. The lowest BCUT2D eigenvalue weighted by molar-refractivity contribution is -0.123. The normalized spacial score (nSPS) is 7.35. The number of aryl methyl sites for hydroxylation is 1. The van der Waals surface area contributed by atoms with Crippen molar-refractivity contribution in [2.45, 2.75) is 20.8 Å². The number of carboxylic acid groups (broad SMARTS) is 1. The van der Waals surface area contributed by atoms with Gasteiger partial charge in [-0.25, -0.2) is 0 Å². The lowest BCUT2D eigenvalue weighted by atomic mass is 10.2. The van der Waals surface area contributed by atoms with Gasteiger partial charge in [0.2, 0.25) is 0 Å². The van der Waals surface area contributed by atoms with Crippen LogP contribution in [0.15, 0.2) is 66.7 Å². The van der Waals surface area contributed by atoms with Gasteiger partial charge in [-0.1, -0.05) is 72.3 Å². The molecule has 20 heavy (non-hydrogen) atoms. The van der Waals surface area contributed by atoms with Gasteiger partial charge in [-0.3, -0.25) is 4.79 Å². The van der Waals surface area contributed by atoms with Gasteiger partial charge in [0.25, 0.3) is 6.47 Å². The number of benzene rings is 2. The van der Waals surface area contributed by atoms with E-state index in [1.54, 1.807) is 0 Å². The van der Waals surface area contributed by atoms with Crippen molar-refractivity contribution in [2.75, 3.05) is 0 Å². The van der Waals surface area contributed by atoms with Crippen molar-refractivity contribution in [1.82, 2.24) is 0 Å². The number of hydrogen-bond donors (Lipinski definition) is 1. The average Bonchev–Trinajstić information content (AvgIpc) is 2.42. The van der Waals surface area contributed by atoms with Gasteiger partial charge in [-0.2, -0.15) is 0 Å². The number of hydrogen-bond acceptors (Lipinski definition) is 2. The summed E-state index contributed by atoms with van der Waals surface area (Å²) in [7, 11) is 0. The van der Waals surface area contributed by atoms with E-state index in [2.05, 4.69) is 19.1 Å². The molecule has 0 saturated heterocycles. The minimum Gasteiger partial charge on any atom is -0.483 e. The predicted molar refractivity (Wildman–Crippen MR) is 82.7 cm³/mol. The molecule has 0 atom stereocenters. The van der Waals surface area contributed by atoms with E-state index >= 15 is 0 Å². The van der Waals surface area contributed by atoms with Crippen LogP contribution >= 0.6 is 0 Å². The number of carbonyl (C=O) groups is 2. The van der Waals surface area contributed by atoms with Crippen LogP contribution in [0.2, 0.25) is 0 Å². The van der Waals surface area contributed by atoms with E-state index in [4.69, 9.17) is 9.90 Å². The fourth-order valence-corrected chi connectivity index (χ4v) is 0.919. The van der Waals surface area contributed by atoms with Gasteiger partial charge in [0.15, 0.2) is 0 Å². The lowest BCUT2D eigenvalue weighted by Crippen LogP contribution is -1.69.